The van der Waals surface area contributed by atoms with E-state index < -0.39 is 0 Å². The Balaban J connectivity index is 0.726. The third-order valence-corrected chi connectivity index (χ3v) is 14.5. The highest BCUT2D eigenvalue weighted by atomic mass is 14.4. The van der Waals surface area contributed by atoms with Gasteiger partial charge in [-0.2, -0.15) is 0 Å². The summed E-state index contributed by atoms with van der Waals surface area (Å²) in [7, 11) is 0. The Hall–Kier alpha value is -8.06. The monoisotopic (exact) mass is 824 g/mol. The van der Waals surface area contributed by atoms with Crippen molar-refractivity contribution in [2.24, 2.45) is 0 Å². The van der Waals surface area contributed by atoms with Gasteiger partial charge in [-0.3, -0.25) is 0 Å². The average Bonchev–Trinajstić information content (AvgIpc) is 3.60. The van der Waals surface area contributed by atoms with Crippen LogP contribution >= 0.6 is 0 Å². The first kappa shape index (κ1) is 37.5. The zero-order valence-electron chi connectivity index (χ0n) is 36.4. The summed E-state index contributed by atoms with van der Waals surface area (Å²) in [4.78, 5) is 0. The molecule has 0 N–H and O–H groups in total. The van der Waals surface area contributed by atoms with Crippen LogP contribution in [-0.2, 0) is 5.41 Å². The Morgan fingerprint density at radius 2 is 0.585 bits per heavy atom. The van der Waals surface area contributed by atoms with Crippen molar-refractivity contribution in [2.75, 3.05) is 0 Å². The topological polar surface area (TPSA) is 0 Å². The highest BCUT2D eigenvalue weighted by molar-refractivity contribution is 6.25. The van der Waals surface area contributed by atoms with Gasteiger partial charge in [-0.25, -0.2) is 0 Å². The highest BCUT2D eigenvalue weighted by Crippen LogP contribution is 2.51. The summed E-state index contributed by atoms with van der Waals surface area (Å²) in [6.07, 6.45) is 0. The van der Waals surface area contributed by atoms with Crippen LogP contribution in [0.25, 0.3) is 121 Å². The van der Waals surface area contributed by atoms with Crippen molar-refractivity contribution in [2.45, 2.75) is 19.3 Å². The normalized spacial score (nSPS) is 12.9. The molecule has 65 heavy (non-hydrogen) atoms. The summed E-state index contributed by atoms with van der Waals surface area (Å²) in [5.74, 6) is 0. The van der Waals surface area contributed by atoms with Crippen molar-refractivity contribution in [1.29, 1.82) is 0 Å². The van der Waals surface area contributed by atoms with E-state index in [1.165, 1.54) is 132 Å². The first-order chi connectivity index (χ1) is 31.9. The van der Waals surface area contributed by atoms with E-state index in [1.807, 2.05) is 0 Å². The molecule has 0 nitrogen and oxygen atoms in total. The second-order valence-corrected chi connectivity index (χ2v) is 18.5. The van der Waals surface area contributed by atoms with E-state index in [2.05, 4.69) is 244 Å². The lowest BCUT2D eigenvalue weighted by Gasteiger charge is -2.22. The minimum Gasteiger partial charge on any atom is -0.0616 e. The molecule has 0 atom stereocenters. The molecule has 0 aliphatic heterocycles. The molecule has 12 aromatic rings. The van der Waals surface area contributed by atoms with E-state index >= 15 is 0 Å². The maximum Gasteiger partial charge on any atom is 0.0159 e. The van der Waals surface area contributed by atoms with Gasteiger partial charge >= 0.3 is 0 Å². The van der Waals surface area contributed by atoms with Crippen LogP contribution in [0.1, 0.15) is 25.0 Å². The molecule has 0 fully saturated rings. The van der Waals surface area contributed by atoms with Crippen LogP contribution < -0.4 is 0 Å². The van der Waals surface area contributed by atoms with E-state index in [0.717, 1.165) is 0 Å². The highest BCUT2D eigenvalue weighted by Gasteiger charge is 2.36. The molecule has 0 spiro atoms. The van der Waals surface area contributed by atoms with E-state index in [4.69, 9.17) is 0 Å². The molecule has 0 radical (unpaired) electrons. The molecule has 0 bridgehead atoms. The van der Waals surface area contributed by atoms with E-state index in [9.17, 15) is 0 Å². The summed E-state index contributed by atoms with van der Waals surface area (Å²) in [5, 5.41) is 10.5. The molecule has 0 saturated carbocycles. The summed E-state index contributed by atoms with van der Waals surface area (Å²) in [5.41, 5.74) is 20.2. The number of fused-ring (bicyclic) bond motifs is 4. The van der Waals surface area contributed by atoms with Gasteiger partial charge in [-0.1, -0.05) is 232 Å². The van der Waals surface area contributed by atoms with Crippen LogP contribution in [0, 0.1) is 0 Å². The molecule has 0 heterocycles. The Bertz CT molecular complexity index is 3770. The first-order valence-corrected chi connectivity index (χ1v) is 22.8. The third-order valence-electron chi connectivity index (χ3n) is 14.5. The van der Waals surface area contributed by atoms with Gasteiger partial charge in [0.2, 0.25) is 0 Å². The van der Waals surface area contributed by atoms with E-state index in [1.54, 1.807) is 0 Å². The van der Waals surface area contributed by atoms with Crippen molar-refractivity contribution in [3.63, 3.8) is 0 Å². The van der Waals surface area contributed by atoms with Gasteiger partial charge in [0.05, 0.1) is 0 Å². The lowest BCUT2D eigenvalue weighted by Crippen LogP contribution is -2.15. The molecule has 0 amide bonds. The van der Waals surface area contributed by atoms with Crippen LogP contribution in [0.15, 0.2) is 231 Å². The van der Waals surface area contributed by atoms with Gasteiger partial charge in [-0.05, 0) is 144 Å². The van der Waals surface area contributed by atoms with Crippen LogP contribution in [0.5, 0.6) is 0 Å². The largest absolute Gasteiger partial charge is 0.0616 e. The van der Waals surface area contributed by atoms with E-state index in [-0.39, 0.29) is 5.41 Å². The Kier molecular flexibility index (Phi) is 8.36. The fourth-order valence-electron chi connectivity index (χ4n) is 11.0. The summed E-state index contributed by atoms with van der Waals surface area (Å²) < 4.78 is 0. The molecular formula is C65H44. The zero-order valence-corrected chi connectivity index (χ0v) is 36.4. The summed E-state index contributed by atoms with van der Waals surface area (Å²) in [6.45, 7) is 4.76. The Labute approximate surface area is 380 Å². The van der Waals surface area contributed by atoms with Crippen molar-refractivity contribution >= 4 is 43.1 Å². The maximum atomic E-state index is 2.42. The van der Waals surface area contributed by atoms with Gasteiger partial charge in [0.1, 0.15) is 0 Å². The van der Waals surface area contributed by atoms with Crippen LogP contribution in [0.2, 0.25) is 0 Å². The molecule has 304 valence electrons. The zero-order chi connectivity index (χ0) is 43.2. The SMILES string of the molecule is CC1(C)c2cc(-c3ccc(-c4ccc(-c5ccc(-c6ccc7ccc8cccc9ccc6c7c89)cc5)cc4)cc3)ccc2-c2ccc(-c3ccc(-c4cccc5ccccc45)cc3)cc21. The van der Waals surface area contributed by atoms with Crippen LogP contribution in [-0.4, -0.2) is 0 Å². The second kappa shape index (κ2) is 14.5. The van der Waals surface area contributed by atoms with Gasteiger partial charge in [0.25, 0.3) is 0 Å². The molecule has 1 aliphatic rings. The van der Waals surface area contributed by atoms with Gasteiger partial charge in [0, 0.05) is 5.41 Å². The van der Waals surface area contributed by atoms with Crippen molar-refractivity contribution in [3.8, 4) is 77.9 Å². The van der Waals surface area contributed by atoms with Crippen molar-refractivity contribution in [3.05, 3.63) is 242 Å². The molecule has 0 aromatic heterocycles. The standard InChI is InChI=1S/C65H44/c1-65(2)61-39-53(33-36-58(61)59-37-34-54(40-62(59)65)46-23-27-48(28-24-46)56-12-6-8-47-7-3-4-11-55(47)56)45-19-17-43(18-20-45)41-13-15-42(16-14-41)44-21-25-49(26-22-44)57-35-31-52-30-29-50-9-5-10-51-32-38-60(57)64(52)63(50)51/h3-40H,1-2H3. The molecule has 0 heteroatoms. The lowest BCUT2D eigenvalue weighted by molar-refractivity contribution is 0.661. The maximum absolute atomic E-state index is 2.42. The minimum atomic E-state index is -0.120. The Morgan fingerprint density at radius 3 is 1.12 bits per heavy atom. The van der Waals surface area contributed by atoms with Gasteiger partial charge < -0.3 is 0 Å². The molecule has 12 aromatic carbocycles. The van der Waals surface area contributed by atoms with Crippen molar-refractivity contribution in [1.82, 2.24) is 0 Å². The van der Waals surface area contributed by atoms with E-state index in [0.29, 0.717) is 0 Å². The lowest BCUT2D eigenvalue weighted by atomic mass is 9.80. The second-order valence-electron chi connectivity index (χ2n) is 18.5. The van der Waals surface area contributed by atoms with Crippen LogP contribution in [0.4, 0.5) is 0 Å². The molecule has 0 unspecified atom stereocenters. The number of rotatable bonds is 6. The fourth-order valence-corrected chi connectivity index (χ4v) is 11.0. The molecular weight excluding hydrogens is 781 g/mol. The molecule has 13 rings (SSSR count). The average molecular weight is 825 g/mol. The minimum absolute atomic E-state index is 0.120. The predicted octanol–water partition coefficient (Wildman–Crippen LogP) is 18.0. The third kappa shape index (κ3) is 6.06. The predicted molar refractivity (Wildman–Crippen MR) is 278 cm³/mol. The summed E-state index contributed by atoms with van der Waals surface area (Å²) in [6, 6.07) is 85.8. The number of hydrogen-bond acceptors (Lipinski definition) is 0. The Morgan fingerprint density at radius 1 is 0.231 bits per heavy atom. The fraction of sp³-hybridized carbons (Fsp3) is 0.0462. The summed E-state index contributed by atoms with van der Waals surface area (Å²) >= 11 is 0. The first-order valence-electron chi connectivity index (χ1n) is 22.8. The number of benzene rings is 12. The molecule has 0 saturated heterocycles. The van der Waals surface area contributed by atoms with Crippen LogP contribution in [0.3, 0.4) is 0 Å². The van der Waals surface area contributed by atoms with Gasteiger partial charge in [0.15, 0.2) is 0 Å². The number of hydrogen-bond donors (Lipinski definition) is 0. The van der Waals surface area contributed by atoms with Crippen molar-refractivity contribution < 1.29 is 0 Å². The smallest absolute Gasteiger partial charge is 0.0159 e. The molecule has 1 aliphatic carbocycles. The quantitative estimate of drug-likeness (QED) is 0.147. The van der Waals surface area contributed by atoms with Gasteiger partial charge in [-0.15, -0.1) is 0 Å².